The molecule has 1 N–H and O–H groups in total. The van der Waals surface area contributed by atoms with Crippen LogP contribution in [0.15, 0.2) is 49.0 Å². The number of fused-ring (bicyclic) bond motifs is 1. The van der Waals surface area contributed by atoms with Crippen LogP contribution in [0, 0.1) is 22.7 Å². The van der Waals surface area contributed by atoms with Gasteiger partial charge in [-0.15, -0.1) is 0 Å². The van der Waals surface area contributed by atoms with E-state index in [0.717, 1.165) is 51.7 Å². The highest BCUT2D eigenvalue weighted by Gasteiger charge is 2.35. The first kappa shape index (κ1) is 21.8. The standard InChI is InChI=1S/C27H28N4O/c1-20(23-7-5-6-21(14-23)16-28)26(32)30-27(10-3-2-4-11-27)12-13-31-18-24-9-8-22(17-29)15-25(24)19-31/h5-9,14-15H,1-4,10-13,18-19H2,(H,30,32). The van der Waals surface area contributed by atoms with Crippen LogP contribution in [0.4, 0.5) is 0 Å². The maximum atomic E-state index is 13.1. The average molecular weight is 425 g/mol. The van der Waals surface area contributed by atoms with Crippen molar-refractivity contribution in [3.05, 3.63) is 76.9 Å². The van der Waals surface area contributed by atoms with E-state index in [1.807, 2.05) is 18.2 Å². The molecule has 2 aromatic carbocycles. The van der Waals surface area contributed by atoms with Crippen LogP contribution in [-0.2, 0) is 17.9 Å². The lowest BCUT2D eigenvalue weighted by atomic mass is 9.78. The average Bonchev–Trinajstić information content (AvgIpc) is 3.25. The summed E-state index contributed by atoms with van der Waals surface area (Å²) in [5.74, 6) is -0.148. The number of nitriles is 2. The van der Waals surface area contributed by atoms with Crippen molar-refractivity contribution in [3.8, 4) is 12.1 Å². The summed E-state index contributed by atoms with van der Waals surface area (Å²) in [7, 11) is 0. The first-order valence-corrected chi connectivity index (χ1v) is 11.3. The van der Waals surface area contributed by atoms with Gasteiger partial charge >= 0.3 is 0 Å². The van der Waals surface area contributed by atoms with E-state index in [4.69, 9.17) is 10.5 Å². The van der Waals surface area contributed by atoms with Gasteiger partial charge in [0.15, 0.2) is 0 Å². The maximum Gasteiger partial charge on any atom is 0.251 e. The van der Waals surface area contributed by atoms with Crippen LogP contribution in [0.3, 0.4) is 0 Å². The van der Waals surface area contributed by atoms with E-state index in [1.165, 1.54) is 17.5 Å². The van der Waals surface area contributed by atoms with Gasteiger partial charge in [-0.25, -0.2) is 0 Å². The molecule has 0 aromatic heterocycles. The summed E-state index contributed by atoms with van der Waals surface area (Å²) in [6.07, 6.45) is 6.27. The number of nitrogens with one attached hydrogen (secondary N) is 1. The Kier molecular flexibility index (Phi) is 6.40. The number of amides is 1. The second-order valence-electron chi connectivity index (χ2n) is 9.02. The first-order chi connectivity index (χ1) is 15.5. The largest absolute Gasteiger partial charge is 0.347 e. The van der Waals surface area contributed by atoms with Crippen LogP contribution in [-0.4, -0.2) is 22.9 Å². The first-order valence-electron chi connectivity index (χ1n) is 11.3. The molecule has 0 bridgehead atoms. The second kappa shape index (κ2) is 9.39. The Morgan fingerprint density at radius 3 is 2.47 bits per heavy atom. The van der Waals surface area contributed by atoms with E-state index in [9.17, 15) is 4.79 Å². The van der Waals surface area contributed by atoms with Crippen LogP contribution in [0.2, 0.25) is 0 Å². The van der Waals surface area contributed by atoms with Crippen LogP contribution >= 0.6 is 0 Å². The Morgan fingerprint density at radius 2 is 1.72 bits per heavy atom. The molecule has 0 saturated heterocycles. The highest BCUT2D eigenvalue weighted by molar-refractivity contribution is 6.19. The summed E-state index contributed by atoms with van der Waals surface area (Å²) in [6.45, 7) is 6.65. The molecule has 1 aliphatic carbocycles. The molecular formula is C27H28N4O. The lowest BCUT2D eigenvalue weighted by molar-refractivity contribution is -0.118. The third-order valence-electron chi connectivity index (χ3n) is 6.83. The van der Waals surface area contributed by atoms with E-state index >= 15 is 0 Å². The summed E-state index contributed by atoms with van der Waals surface area (Å²) in [4.78, 5) is 15.5. The molecule has 1 heterocycles. The van der Waals surface area contributed by atoms with Gasteiger partial charge in [0.05, 0.1) is 23.3 Å². The maximum absolute atomic E-state index is 13.1. The van der Waals surface area contributed by atoms with Gasteiger partial charge in [0, 0.05) is 30.7 Å². The van der Waals surface area contributed by atoms with Gasteiger partial charge in [0.1, 0.15) is 0 Å². The van der Waals surface area contributed by atoms with Crippen molar-refractivity contribution in [1.82, 2.24) is 10.2 Å². The van der Waals surface area contributed by atoms with Crippen molar-refractivity contribution in [2.24, 2.45) is 0 Å². The third kappa shape index (κ3) is 4.74. The third-order valence-corrected chi connectivity index (χ3v) is 6.83. The van der Waals surface area contributed by atoms with Crippen molar-refractivity contribution < 1.29 is 4.79 Å². The quantitative estimate of drug-likeness (QED) is 0.684. The predicted octanol–water partition coefficient (Wildman–Crippen LogP) is 4.67. The molecule has 1 saturated carbocycles. The zero-order valence-corrected chi connectivity index (χ0v) is 18.4. The van der Waals surface area contributed by atoms with Crippen LogP contribution in [0.5, 0.6) is 0 Å². The Morgan fingerprint density at radius 1 is 1.00 bits per heavy atom. The SMILES string of the molecule is C=C(C(=O)NC1(CCN2Cc3ccc(C#N)cc3C2)CCCCC1)c1cccc(C#N)c1. The van der Waals surface area contributed by atoms with Gasteiger partial charge in [0.25, 0.3) is 5.91 Å². The molecule has 4 rings (SSSR count). The van der Waals surface area contributed by atoms with Gasteiger partial charge in [-0.1, -0.05) is 44.0 Å². The van der Waals surface area contributed by atoms with Crippen LogP contribution < -0.4 is 5.32 Å². The normalized spacial score (nSPS) is 17.1. The molecular weight excluding hydrogens is 396 g/mol. The number of rotatable bonds is 6. The van der Waals surface area contributed by atoms with Crippen LogP contribution in [0.25, 0.3) is 5.57 Å². The molecule has 0 unspecified atom stereocenters. The molecule has 2 aliphatic rings. The van der Waals surface area contributed by atoms with Crippen molar-refractivity contribution >= 4 is 11.5 Å². The number of nitrogens with zero attached hydrogens (tertiary/aromatic N) is 3. The second-order valence-corrected chi connectivity index (χ2v) is 9.02. The molecule has 1 amide bonds. The smallest absolute Gasteiger partial charge is 0.251 e. The minimum Gasteiger partial charge on any atom is -0.347 e. The number of hydrogen-bond donors (Lipinski definition) is 1. The number of hydrogen-bond acceptors (Lipinski definition) is 4. The molecule has 1 fully saturated rings. The molecule has 0 spiro atoms. The van der Waals surface area contributed by atoms with E-state index in [2.05, 4.69) is 35.0 Å². The lowest BCUT2D eigenvalue weighted by Crippen LogP contribution is -2.51. The summed E-state index contributed by atoms with van der Waals surface area (Å²) in [6, 6.07) is 17.3. The van der Waals surface area contributed by atoms with Gasteiger partial charge in [0.2, 0.25) is 0 Å². The molecule has 32 heavy (non-hydrogen) atoms. The monoisotopic (exact) mass is 424 g/mol. The Bertz CT molecular complexity index is 1120. The molecule has 5 heteroatoms. The zero-order chi connectivity index (χ0) is 22.6. The minimum atomic E-state index is -0.225. The summed E-state index contributed by atoms with van der Waals surface area (Å²) in [5.41, 5.74) is 4.63. The Balaban J connectivity index is 1.42. The van der Waals surface area contributed by atoms with Gasteiger partial charge < -0.3 is 5.32 Å². The van der Waals surface area contributed by atoms with Crippen molar-refractivity contribution in [2.45, 2.75) is 57.2 Å². The zero-order valence-electron chi connectivity index (χ0n) is 18.4. The fourth-order valence-corrected chi connectivity index (χ4v) is 4.95. The van der Waals surface area contributed by atoms with Crippen LogP contribution in [0.1, 0.15) is 66.3 Å². The molecule has 2 aromatic rings. The Hall–Kier alpha value is -3.41. The summed E-state index contributed by atoms with van der Waals surface area (Å²) in [5, 5.41) is 21.6. The highest BCUT2D eigenvalue weighted by atomic mass is 16.1. The summed E-state index contributed by atoms with van der Waals surface area (Å²) >= 11 is 0. The van der Waals surface area contributed by atoms with Crippen molar-refractivity contribution in [1.29, 1.82) is 10.5 Å². The molecule has 5 nitrogen and oxygen atoms in total. The predicted molar refractivity (Wildman–Crippen MR) is 124 cm³/mol. The molecule has 162 valence electrons. The topological polar surface area (TPSA) is 79.9 Å². The van der Waals surface area contributed by atoms with Gasteiger partial charge in [-0.3, -0.25) is 9.69 Å². The molecule has 0 atom stereocenters. The van der Waals surface area contributed by atoms with Gasteiger partial charge in [-0.05, 0) is 60.2 Å². The van der Waals surface area contributed by atoms with E-state index in [1.54, 1.807) is 18.2 Å². The minimum absolute atomic E-state index is 0.148. The molecule has 1 aliphatic heterocycles. The van der Waals surface area contributed by atoms with Gasteiger partial charge in [-0.2, -0.15) is 10.5 Å². The van der Waals surface area contributed by atoms with Crippen molar-refractivity contribution in [3.63, 3.8) is 0 Å². The highest BCUT2D eigenvalue weighted by Crippen LogP contribution is 2.33. The van der Waals surface area contributed by atoms with E-state index < -0.39 is 0 Å². The number of carbonyl (C=O) groups excluding carboxylic acids is 1. The number of benzene rings is 2. The van der Waals surface area contributed by atoms with Crippen molar-refractivity contribution in [2.75, 3.05) is 6.54 Å². The van der Waals surface area contributed by atoms with E-state index in [0.29, 0.717) is 22.3 Å². The summed E-state index contributed by atoms with van der Waals surface area (Å²) < 4.78 is 0. The Labute approximate surface area is 190 Å². The fourth-order valence-electron chi connectivity index (χ4n) is 4.95. The fraction of sp³-hybridized carbons (Fsp3) is 0.370. The van der Waals surface area contributed by atoms with E-state index in [-0.39, 0.29) is 11.4 Å². The number of carbonyl (C=O) groups is 1. The molecule has 0 radical (unpaired) electrons. The lowest BCUT2D eigenvalue weighted by Gasteiger charge is -2.39.